The highest BCUT2D eigenvalue weighted by molar-refractivity contribution is 7.90. The van der Waals surface area contributed by atoms with Crippen molar-refractivity contribution in [3.63, 3.8) is 0 Å². The van der Waals surface area contributed by atoms with Crippen LogP contribution in [-0.2, 0) is 19.4 Å². The second kappa shape index (κ2) is 7.42. The van der Waals surface area contributed by atoms with Crippen molar-refractivity contribution in [1.29, 1.82) is 0 Å². The van der Waals surface area contributed by atoms with E-state index in [0.717, 1.165) is 12.3 Å². The molecule has 1 unspecified atom stereocenters. The molecular formula is C14H16ClNO5S. The molecular weight excluding hydrogens is 330 g/mol. The standard InChI is InChI=1S/C14H16ClNO5S/c1-4-7-16-13(17)9(2)21-14(18)11-8-10(22(3,19)20)5-6-12(11)15/h4-6,8-9H,1,7H2,2-3H3,(H,16,17). The lowest BCUT2D eigenvalue weighted by atomic mass is 10.2. The zero-order valence-corrected chi connectivity index (χ0v) is 13.7. The quantitative estimate of drug-likeness (QED) is 0.624. The van der Waals surface area contributed by atoms with E-state index in [0.29, 0.717) is 0 Å². The first-order valence-corrected chi connectivity index (χ1v) is 8.53. The molecule has 1 amide bonds. The fourth-order valence-electron chi connectivity index (χ4n) is 1.49. The Morgan fingerprint density at radius 2 is 2.09 bits per heavy atom. The smallest absolute Gasteiger partial charge is 0.340 e. The number of halogens is 1. The first kappa shape index (κ1) is 18.2. The van der Waals surface area contributed by atoms with Gasteiger partial charge in [-0.3, -0.25) is 4.79 Å². The molecule has 1 aromatic carbocycles. The highest BCUT2D eigenvalue weighted by Crippen LogP contribution is 2.21. The molecule has 1 N–H and O–H groups in total. The average Bonchev–Trinajstić information content (AvgIpc) is 2.43. The Hall–Kier alpha value is -1.86. The lowest BCUT2D eigenvalue weighted by Crippen LogP contribution is -2.35. The van der Waals surface area contributed by atoms with E-state index in [9.17, 15) is 18.0 Å². The van der Waals surface area contributed by atoms with Crippen LogP contribution in [0.3, 0.4) is 0 Å². The van der Waals surface area contributed by atoms with E-state index in [4.69, 9.17) is 16.3 Å². The van der Waals surface area contributed by atoms with E-state index in [1.54, 1.807) is 0 Å². The van der Waals surface area contributed by atoms with Crippen LogP contribution in [0.5, 0.6) is 0 Å². The second-order valence-electron chi connectivity index (χ2n) is 4.50. The van der Waals surface area contributed by atoms with Gasteiger partial charge in [-0.15, -0.1) is 6.58 Å². The molecule has 0 heterocycles. The van der Waals surface area contributed by atoms with Crippen molar-refractivity contribution in [2.75, 3.05) is 12.8 Å². The molecule has 22 heavy (non-hydrogen) atoms. The van der Waals surface area contributed by atoms with Crippen LogP contribution in [0, 0.1) is 0 Å². The Bertz CT molecular complexity index is 699. The molecule has 1 aromatic rings. The number of hydrogen-bond acceptors (Lipinski definition) is 5. The zero-order valence-electron chi connectivity index (χ0n) is 12.1. The number of carbonyl (C=O) groups excluding carboxylic acids is 2. The summed E-state index contributed by atoms with van der Waals surface area (Å²) in [6.45, 7) is 5.08. The zero-order chi connectivity index (χ0) is 16.9. The Labute approximate surface area is 134 Å². The molecule has 1 rings (SSSR count). The van der Waals surface area contributed by atoms with Crippen LogP contribution in [0.15, 0.2) is 35.7 Å². The maximum absolute atomic E-state index is 12.0. The molecule has 0 aromatic heterocycles. The number of rotatable bonds is 6. The minimum Gasteiger partial charge on any atom is -0.449 e. The average molecular weight is 346 g/mol. The van der Waals surface area contributed by atoms with Crippen molar-refractivity contribution in [2.24, 2.45) is 0 Å². The summed E-state index contributed by atoms with van der Waals surface area (Å²) in [5.41, 5.74) is -0.118. The Kier molecular flexibility index (Phi) is 6.13. The van der Waals surface area contributed by atoms with Crippen LogP contribution in [0.2, 0.25) is 5.02 Å². The molecule has 0 saturated carbocycles. The predicted octanol–water partition coefficient (Wildman–Crippen LogP) is 1.59. The highest BCUT2D eigenvalue weighted by Gasteiger charge is 2.21. The first-order valence-electron chi connectivity index (χ1n) is 6.26. The number of carbonyl (C=O) groups is 2. The van der Waals surface area contributed by atoms with Crippen LogP contribution in [0.25, 0.3) is 0 Å². The van der Waals surface area contributed by atoms with Gasteiger partial charge in [0.2, 0.25) is 0 Å². The lowest BCUT2D eigenvalue weighted by Gasteiger charge is -2.13. The summed E-state index contributed by atoms with van der Waals surface area (Å²) in [4.78, 5) is 23.6. The molecule has 1 atom stereocenters. The van der Waals surface area contributed by atoms with E-state index < -0.39 is 27.8 Å². The molecule has 0 saturated heterocycles. The fraction of sp³-hybridized carbons (Fsp3) is 0.286. The summed E-state index contributed by atoms with van der Waals surface area (Å²) >= 11 is 5.88. The maximum Gasteiger partial charge on any atom is 0.340 e. The Morgan fingerprint density at radius 3 is 2.64 bits per heavy atom. The lowest BCUT2D eigenvalue weighted by molar-refractivity contribution is -0.128. The van der Waals surface area contributed by atoms with Crippen LogP contribution >= 0.6 is 11.6 Å². The van der Waals surface area contributed by atoms with Crippen LogP contribution in [0.4, 0.5) is 0 Å². The summed E-state index contributed by atoms with van der Waals surface area (Å²) in [7, 11) is -3.49. The normalized spacial score (nSPS) is 12.3. The monoisotopic (exact) mass is 345 g/mol. The van der Waals surface area contributed by atoms with Crippen molar-refractivity contribution < 1.29 is 22.7 Å². The molecule has 8 heteroatoms. The number of benzene rings is 1. The summed E-state index contributed by atoms with van der Waals surface area (Å²) in [6.07, 6.45) is 1.45. The molecule has 0 aliphatic heterocycles. The molecule has 0 aliphatic carbocycles. The minimum absolute atomic E-state index is 0.0381. The van der Waals surface area contributed by atoms with Gasteiger partial charge in [0.25, 0.3) is 5.91 Å². The third kappa shape index (κ3) is 4.85. The van der Waals surface area contributed by atoms with E-state index in [1.165, 1.54) is 25.1 Å². The molecule has 6 nitrogen and oxygen atoms in total. The summed E-state index contributed by atoms with van der Waals surface area (Å²) < 4.78 is 28.0. The maximum atomic E-state index is 12.0. The number of nitrogens with one attached hydrogen (secondary N) is 1. The van der Waals surface area contributed by atoms with E-state index in [2.05, 4.69) is 11.9 Å². The number of sulfone groups is 1. The minimum atomic E-state index is -3.49. The van der Waals surface area contributed by atoms with Crippen LogP contribution < -0.4 is 5.32 Å². The molecule has 0 radical (unpaired) electrons. The summed E-state index contributed by atoms with van der Waals surface area (Å²) in [5, 5.41) is 2.51. The second-order valence-corrected chi connectivity index (χ2v) is 6.92. The van der Waals surface area contributed by atoms with Gasteiger partial charge in [0, 0.05) is 12.8 Å². The van der Waals surface area contributed by atoms with Gasteiger partial charge in [0.05, 0.1) is 15.5 Å². The first-order chi connectivity index (χ1) is 10.2. The molecule has 0 spiro atoms. The van der Waals surface area contributed by atoms with Gasteiger partial charge in [-0.1, -0.05) is 17.7 Å². The molecule has 120 valence electrons. The Morgan fingerprint density at radius 1 is 1.45 bits per heavy atom. The fourth-order valence-corrected chi connectivity index (χ4v) is 2.33. The highest BCUT2D eigenvalue weighted by atomic mass is 35.5. The van der Waals surface area contributed by atoms with E-state index in [-0.39, 0.29) is 22.0 Å². The summed E-state index contributed by atoms with van der Waals surface area (Å²) in [6, 6.07) is 3.69. The summed E-state index contributed by atoms with van der Waals surface area (Å²) in [5.74, 6) is -1.37. The predicted molar refractivity (Wildman–Crippen MR) is 82.6 cm³/mol. The van der Waals surface area contributed by atoms with Crippen molar-refractivity contribution in [3.8, 4) is 0 Å². The Balaban J connectivity index is 2.94. The SMILES string of the molecule is C=CCNC(=O)C(C)OC(=O)c1cc(S(C)(=O)=O)ccc1Cl. The van der Waals surface area contributed by atoms with E-state index in [1.807, 2.05) is 0 Å². The number of ether oxygens (including phenoxy) is 1. The van der Waals surface area contributed by atoms with Crippen LogP contribution in [-0.4, -0.2) is 39.2 Å². The van der Waals surface area contributed by atoms with Crippen molar-refractivity contribution in [3.05, 3.63) is 41.4 Å². The van der Waals surface area contributed by atoms with Gasteiger partial charge in [0.1, 0.15) is 0 Å². The van der Waals surface area contributed by atoms with Gasteiger partial charge in [-0.25, -0.2) is 13.2 Å². The van der Waals surface area contributed by atoms with Gasteiger partial charge < -0.3 is 10.1 Å². The van der Waals surface area contributed by atoms with Gasteiger partial charge in [0.15, 0.2) is 15.9 Å². The topological polar surface area (TPSA) is 89.5 Å². The van der Waals surface area contributed by atoms with Crippen LogP contribution in [0.1, 0.15) is 17.3 Å². The van der Waals surface area contributed by atoms with Crippen molar-refractivity contribution in [1.82, 2.24) is 5.32 Å². The largest absolute Gasteiger partial charge is 0.449 e. The number of esters is 1. The third-order valence-electron chi connectivity index (χ3n) is 2.66. The number of amides is 1. The van der Waals surface area contributed by atoms with Gasteiger partial charge >= 0.3 is 5.97 Å². The third-order valence-corrected chi connectivity index (χ3v) is 4.10. The molecule has 0 aliphatic rings. The molecule has 0 bridgehead atoms. The van der Waals surface area contributed by atoms with Gasteiger partial charge in [-0.2, -0.15) is 0 Å². The van der Waals surface area contributed by atoms with Crippen molar-refractivity contribution in [2.45, 2.75) is 17.9 Å². The molecule has 0 fully saturated rings. The number of hydrogen-bond donors (Lipinski definition) is 1. The van der Waals surface area contributed by atoms with E-state index >= 15 is 0 Å². The van der Waals surface area contributed by atoms with Crippen molar-refractivity contribution >= 4 is 33.3 Å². The van der Waals surface area contributed by atoms with Gasteiger partial charge in [-0.05, 0) is 25.1 Å².